The quantitative estimate of drug-likeness (QED) is 0.870. The number of aliphatic hydroxyl groups excluding tert-OH is 1. The smallest absolute Gasteiger partial charge is 0.123 e. The van der Waals surface area contributed by atoms with Gasteiger partial charge in [-0.1, -0.05) is 15.9 Å². The van der Waals surface area contributed by atoms with Gasteiger partial charge in [-0.05, 0) is 30.7 Å². The lowest BCUT2D eigenvalue weighted by atomic mass is 10.2. The van der Waals surface area contributed by atoms with Crippen LogP contribution in [0.1, 0.15) is 12.5 Å². The summed E-state index contributed by atoms with van der Waals surface area (Å²) in [6.45, 7) is 2.75. The Kier molecular flexibility index (Phi) is 4.51. The Balaban J connectivity index is 2.53. The van der Waals surface area contributed by atoms with Crippen LogP contribution < -0.4 is 5.32 Å². The van der Waals surface area contributed by atoms with E-state index in [1.165, 1.54) is 12.1 Å². The van der Waals surface area contributed by atoms with Gasteiger partial charge >= 0.3 is 0 Å². The highest BCUT2D eigenvalue weighted by Crippen LogP contribution is 2.17. The predicted molar refractivity (Wildman–Crippen MR) is 57.5 cm³/mol. The molecule has 0 aliphatic carbocycles. The summed E-state index contributed by atoms with van der Waals surface area (Å²) in [5.74, 6) is -0.248. The molecule has 0 amide bonds. The summed E-state index contributed by atoms with van der Waals surface area (Å²) in [5.41, 5.74) is 0.852. The van der Waals surface area contributed by atoms with E-state index in [0.717, 1.165) is 10.0 Å². The van der Waals surface area contributed by atoms with E-state index in [9.17, 15) is 4.39 Å². The van der Waals surface area contributed by atoms with Crippen molar-refractivity contribution in [3.8, 4) is 0 Å². The first kappa shape index (κ1) is 11.6. The highest BCUT2D eigenvalue weighted by atomic mass is 79.9. The first-order valence-electron chi connectivity index (χ1n) is 4.42. The monoisotopic (exact) mass is 261 g/mol. The van der Waals surface area contributed by atoms with E-state index in [4.69, 9.17) is 5.11 Å². The maximum absolute atomic E-state index is 12.8. The van der Waals surface area contributed by atoms with Gasteiger partial charge in [0.05, 0.1) is 6.10 Å². The lowest BCUT2D eigenvalue weighted by Crippen LogP contribution is -2.24. The topological polar surface area (TPSA) is 32.3 Å². The SMILES string of the molecule is C[C@@H](O)CNCc1cc(F)ccc1Br. The van der Waals surface area contributed by atoms with Crippen LogP contribution in [0.2, 0.25) is 0 Å². The number of aliphatic hydroxyl groups is 1. The molecule has 0 aromatic heterocycles. The molecule has 0 bridgehead atoms. The minimum Gasteiger partial charge on any atom is -0.392 e. The third kappa shape index (κ3) is 3.74. The third-order valence-electron chi connectivity index (χ3n) is 1.76. The normalized spacial score (nSPS) is 12.9. The van der Waals surface area contributed by atoms with Gasteiger partial charge in [-0.2, -0.15) is 0 Å². The van der Waals surface area contributed by atoms with Gasteiger partial charge in [-0.3, -0.25) is 0 Å². The van der Waals surface area contributed by atoms with Crippen molar-refractivity contribution >= 4 is 15.9 Å². The number of benzene rings is 1. The molecular formula is C10H13BrFNO. The summed E-state index contributed by atoms with van der Waals surface area (Å²) in [6, 6.07) is 4.55. The molecule has 4 heteroatoms. The lowest BCUT2D eigenvalue weighted by molar-refractivity contribution is 0.191. The first-order valence-corrected chi connectivity index (χ1v) is 5.21. The highest BCUT2D eigenvalue weighted by molar-refractivity contribution is 9.10. The van der Waals surface area contributed by atoms with Crippen molar-refractivity contribution in [2.75, 3.05) is 6.54 Å². The van der Waals surface area contributed by atoms with Crippen molar-refractivity contribution in [1.29, 1.82) is 0 Å². The molecule has 1 rings (SSSR count). The Morgan fingerprint density at radius 2 is 2.29 bits per heavy atom. The van der Waals surface area contributed by atoms with Crippen LogP contribution in [0.25, 0.3) is 0 Å². The molecule has 0 fully saturated rings. The second kappa shape index (κ2) is 5.44. The van der Waals surface area contributed by atoms with Gasteiger partial charge in [0.25, 0.3) is 0 Å². The Morgan fingerprint density at radius 3 is 2.93 bits per heavy atom. The number of halogens is 2. The molecular weight excluding hydrogens is 249 g/mol. The fourth-order valence-electron chi connectivity index (χ4n) is 1.09. The minimum atomic E-state index is -0.387. The molecule has 2 nitrogen and oxygen atoms in total. The molecule has 0 unspecified atom stereocenters. The standard InChI is InChI=1S/C10H13BrFNO/c1-7(14)5-13-6-8-4-9(12)2-3-10(8)11/h2-4,7,13-14H,5-6H2,1H3/t7-/m1/s1. The summed E-state index contributed by atoms with van der Waals surface area (Å²) in [4.78, 5) is 0. The van der Waals surface area contributed by atoms with Gasteiger partial charge in [0.1, 0.15) is 5.82 Å². The van der Waals surface area contributed by atoms with Gasteiger partial charge in [-0.25, -0.2) is 4.39 Å². The van der Waals surface area contributed by atoms with Gasteiger partial charge in [0.2, 0.25) is 0 Å². The number of hydrogen-bond donors (Lipinski definition) is 2. The van der Waals surface area contributed by atoms with E-state index in [1.807, 2.05) is 0 Å². The fraction of sp³-hybridized carbons (Fsp3) is 0.400. The second-order valence-corrected chi connectivity index (χ2v) is 4.07. The minimum absolute atomic E-state index is 0.248. The zero-order valence-corrected chi connectivity index (χ0v) is 9.51. The van der Waals surface area contributed by atoms with Crippen LogP contribution in [-0.4, -0.2) is 17.8 Å². The van der Waals surface area contributed by atoms with Crippen molar-refractivity contribution in [3.63, 3.8) is 0 Å². The van der Waals surface area contributed by atoms with Crippen LogP contribution in [0.4, 0.5) is 4.39 Å². The molecule has 0 radical (unpaired) electrons. The maximum atomic E-state index is 12.8. The molecule has 0 aliphatic rings. The van der Waals surface area contributed by atoms with E-state index in [1.54, 1.807) is 13.0 Å². The van der Waals surface area contributed by atoms with E-state index in [0.29, 0.717) is 13.1 Å². The summed E-state index contributed by atoms with van der Waals surface area (Å²) in [7, 11) is 0. The zero-order chi connectivity index (χ0) is 10.6. The van der Waals surface area contributed by atoms with Gasteiger partial charge in [0.15, 0.2) is 0 Å². The summed E-state index contributed by atoms with van der Waals surface area (Å²) >= 11 is 3.33. The van der Waals surface area contributed by atoms with Crippen molar-refractivity contribution < 1.29 is 9.50 Å². The van der Waals surface area contributed by atoms with Crippen LogP contribution in [0, 0.1) is 5.82 Å². The highest BCUT2D eigenvalue weighted by Gasteiger charge is 2.02. The van der Waals surface area contributed by atoms with E-state index < -0.39 is 0 Å². The largest absolute Gasteiger partial charge is 0.392 e. The lowest BCUT2D eigenvalue weighted by Gasteiger charge is -2.08. The number of nitrogens with one attached hydrogen (secondary N) is 1. The van der Waals surface area contributed by atoms with Crippen LogP contribution in [0.15, 0.2) is 22.7 Å². The molecule has 1 aromatic rings. The molecule has 78 valence electrons. The van der Waals surface area contributed by atoms with Crippen LogP contribution in [-0.2, 0) is 6.54 Å². The van der Waals surface area contributed by atoms with Crippen LogP contribution in [0.3, 0.4) is 0 Å². The molecule has 0 heterocycles. The first-order chi connectivity index (χ1) is 6.59. The Hall–Kier alpha value is -0.450. The molecule has 1 aromatic carbocycles. The van der Waals surface area contributed by atoms with Crippen molar-refractivity contribution in [2.45, 2.75) is 19.6 Å². The molecule has 0 spiro atoms. The van der Waals surface area contributed by atoms with E-state index in [-0.39, 0.29) is 11.9 Å². The molecule has 1 atom stereocenters. The molecule has 0 saturated heterocycles. The Labute approximate surface area is 91.3 Å². The van der Waals surface area contributed by atoms with Crippen molar-refractivity contribution in [2.24, 2.45) is 0 Å². The molecule has 0 saturated carbocycles. The number of rotatable bonds is 4. The zero-order valence-electron chi connectivity index (χ0n) is 7.93. The van der Waals surface area contributed by atoms with E-state index >= 15 is 0 Å². The maximum Gasteiger partial charge on any atom is 0.123 e. The average molecular weight is 262 g/mol. The average Bonchev–Trinajstić information content (AvgIpc) is 2.10. The second-order valence-electron chi connectivity index (χ2n) is 3.22. The van der Waals surface area contributed by atoms with Crippen molar-refractivity contribution in [3.05, 3.63) is 34.1 Å². The van der Waals surface area contributed by atoms with Gasteiger partial charge in [0, 0.05) is 17.6 Å². The predicted octanol–water partition coefficient (Wildman–Crippen LogP) is 2.06. The Bertz CT molecular complexity index is 304. The van der Waals surface area contributed by atoms with Crippen LogP contribution >= 0.6 is 15.9 Å². The van der Waals surface area contributed by atoms with Gasteiger partial charge < -0.3 is 10.4 Å². The summed E-state index contributed by atoms with van der Waals surface area (Å²) < 4.78 is 13.7. The van der Waals surface area contributed by atoms with E-state index in [2.05, 4.69) is 21.2 Å². The molecule has 2 N–H and O–H groups in total. The molecule has 0 aliphatic heterocycles. The number of hydrogen-bond acceptors (Lipinski definition) is 2. The Morgan fingerprint density at radius 1 is 1.57 bits per heavy atom. The van der Waals surface area contributed by atoms with Crippen LogP contribution in [0.5, 0.6) is 0 Å². The third-order valence-corrected chi connectivity index (χ3v) is 2.54. The molecule has 14 heavy (non-hydrogen) atoms. The van der Waals surface area contributed by atoms with Gasteiger partial charge in [-0.15, -0.1) is 0 Å². The fourth-order valence-corrected chi connectivity index (χ4v) is 1.48. The summed E-state index contributed by atoms with van der Waals surface area (Å²) in [5, 5.41) is 12.0. The van der Waals surface area contributed by atoms with Crippen molar-refractivity contribution in [1.82, 2.24) is 5.32 Å². The summed E-state index contributed by atoms with van der Waals surface area (Å²) in [6.07, 6.45) is -0.387.